The van der Waals surface area contributed by atoms with Crippen molar-refractivity contribution in [2.75, 3.05) is 5.32 Å². The molecule has 3 heteroatoms. The molecule has 0 aliphatic heterocycles. The normalized spacial score (nSPS) is 10.9. The molecule has 0 aromatic heterocycles. The Morgan fingerprint density at radius 2 is 1.64 bits per heavy atom. The number of anilines is 1. The van der Waals surface area contributed by atoms with Gasteiger partial charge in [0.15, 0.2) is 5.78 Å². The van der Waals surface area contributed by atoms with Crippen molar-refractivity contribution >= 4 is 22.2 Å². The highest BCUT2D eigenvalue weighted by atomic mass is 16.3. The summed E-state index contributed by atoms with van der Waals surface area (Å²) < 4.78 is 0. The van der Waals surface area contributed by atoms with Gasteiger partial charge in [0.25, 0.3) is 0 Å². The minimum Gasteiger partial charge on any atom is -0.508 e. The van der Waals surface area contributed by atoms with Gasteiger partial charge in [0.1, 0.15) is 5.75 Å². The van der Waals surface area contributed by atoms with Crippen LogP contribution in [-0.2, 0) is 0 Å². The first-order chi connectivity index (χ1) is 10.7. The van der Waals surface area contributed by atoms with E-state index in [0.29, 0.717) is 5.56 Å². The lowest BCUT2D eigenvalue weighted by Gasteiger charge is -2.03. The molecule has 0 unspecified atom stereocenters. The molecule has 0 spiro atoms. The lowest BCUT2D eigenvalue weighted by Crippen LogP contribution is -1.97. The molecule has 0 bridgehead atoms. The number of allylic oxidation sites excluding steroid dienone is 1. The van der Waals surface area contributed by atoms with Crippen molar-refractivity contribution in [2.45, 2.75) is 0 Å². The first-order valence-corrected chi connectivity index (χ1v) is 6.98. The van der Waals surface area contributed by atoms with Crippen molar-refractivity contribution in [1.82, 2.24) is 0 Å². The summed E-state index contributed by atoms with van der Waals surface area (Å²) in [5, 5.41) is 14.2. The Kier molecular flexibility index (Phi) is 3.88. The van der Waals surface area contributed by atoms with E-state index in [-0.39, 0.29) is 11.5 Å². The standard InChI is InChI=1S/C19H15NO2/c21-16-10-8-15(9-11-16)20-13-12-19(22)18-7-3-5-14-4-1-2-6-17(14)18/h1-13,20-21H/b13-12+. The molecular weight excluding hydrogens is 274 g/mol. The topological polar surface area (TPSA) is 49.3 Å². The molecule has 0 radical (unpaired) electrons. The second-order valence-electron chi connectivity index (χ2n) is 4.92. The monoisotopic (exact) mass is 289 g/mol. The van der Waals surface area contributed by atoms with Gasteiger partial charge in [0.2, 0.25) is 0 Å². The number of ketones is 1. The van der Waals surface area contributed by atoms with Gasteiger partial charge in [-0.3, -0.25) is 4.79 Å². The third kappa shape index (κ3) is 2.99. The van der Waals surface area contributed by atoms with Gasteiger partial charge in [-0.25, -0.2) is 0 Å². The first kappa shape index (κ1) is 13.9. The Balaban J connectivity index is 1.78. The van der Waals surface area contributed by atoms with E-state index in [1.807, 2.05) is 42.5 Å². The highest BCUT2D eigenvalue weighted by molar-refractivity contribution is 6.13. The Hall–Kier alpha value is -3.07. The predicted octanol–water partition coefficient (Wildman–Crippen LogP) is 4.35. The summed E-state index contributed by atoms with van der Waals surface area (Å²) in [5.41, 5.74) is 1.49. The fourth-order valence-corrected chi connectivity index (χ4v) is 2.30. The van der Waals surface area contributed by atoms with Gasteiger partial charge in [0.05, 0.1) is 0 Å². The molecule has 0 saturated heterocycles. The van der Waals surface area contributed by atoms with E-state index < -0.39 is 0 Å². The largest absolute Gasteiger partial charge is 0.508 e. The molecule has 0 amide bonds. The van der Waals surface area contributed by atoms with Crippen LogP contribution in [0.3, 0.4) is 0 Å². The summed E-state index contributed by atoms with van der Waals surface area (Å²) in [6.45, 7) is 0. The van der Waals surface area contributed by atoms with Crippen LogP contribution in [-0.4, -0.2) is 10.9 Å². The first-order valence-electron chi connectivity index (χ1n) is 6.98. The van der Waals surface area contributed by atoms with E-state index in [1.165, 1.54) is 6.08 Å². The number of carbonyl (C=O) groups is 1. The summed E-state index contributed by atoms with van der Waals surface area (Å²) in [5.74, 6) is 0.157. The molecule has 3 nitrogen and oxygen atoms in total. The highest BCUT2D eigenvalue weighted by Gasteiger charge is 2.06. The summed E-state index contributed by atoms with van der Waals surface area (Å²) in [4.78, 5) is 12.3. The lowest BCUT2D eigenvalue weighted by atomic mass is 10.0. The molecule has 3 aromatic rings. The molecule has 0 fully saturated rings. The van der Waals surface area contributed by atoms with Crippen LogP contribution >= 0.6 is 0 Å². The zero-order valence-corrected chi connectivity index (χ0v) is 11.9. The van der Waals surface area contributed by atoms with E-state index in [4.69, 9.17) is 0 Å². The number of fused-ring (bicyclic) bond motifs is 1. The van der Waals surface area contributed by atoms with E-state index in [9.17, 15) is 9.90 Å². The van der Waals surface area contributed by atoms with Gasteiger partial charge >= 0.3 is 0 Å². The summed E-state index contributed by atoms with van der Waals surface area (Å²) in [6.07, 6.45) is 3.12. The molecule has 0 atom stereocenters. The van der Waals surface area contributed by atoms with Crippen LogP contribution < -0.4 is 5.32 Å². The Bertz CT molecular complexity index is 830. The fraction of sp³-hybridized carbons (Fsp3) is 0. The van der Waals surface area contributed by atoms with Gasteiger partial charge in [-0.15, -0.1) is 0 Å². The van der Waals surface area contributed by atoms with Crippen molar-refractivity contribution in [1.29, 1.82) is 0 Å². The maximum Gasteiger partial charge on any atom is 0.187 e. The van der Waals surface area contributed by atoms with Gasteiger partial charge in [0, 0.05) is 23.5 Å². The quantitative estimate of drug-likeness (QED) is 0.426. The second kappa shape index (κ2) is 6.14. The summed E-state index contributed by atoms with van der Waals surface area (Å²) >= 11 is 0. The average Bonchev–Trinajstić information content (AvgIpc) is 2.56. The number of carbonyl (C=O) groups excluding carboxylic acids is 1. The van der Waals surface area contributed by atoms with E-state index in [0.717, 1.165) is 16.5 Å². The fourth-order valence-electron chi connectivity index (χ4n) is 2.30. The third-order valence-electron chi connectivity index (χ3n) is 3.41. The maximum absolute atomic E-state index is 12.3. The van der Waals surface area contributed by atoms with Crippen LogP contribution in [0.1, 0.15) is 10.4 Å². The number of hydrogen-bond donors (Lipinski definition) is 2. The smallest absolute Gasteiger partial charge is 0.187 e. The third-order valence-corrected chi connectivity index (χ3v) is 3.41. The van der Waals surface area contributed by atoms with Crippen molar-refractivity contribution in [2.24, 2.45) is 0 Å². The average molecular weight is 289 g/mol. The van der Waals surface area contributed by atoms with Crippen LogP contribution in [0.4, 0.5) is 5.69 Å². The summed E-state index contributed by atoms with van der Waals surface area (Å²) in [6, 6.07) is 20.2. The minimum atomic E-state index is -0.0527. The number of phenols is 1. The van der Waals surface area contributed by atoms with Crippen molar-refractivity contribution in [3.8, 4) is 5.75 Å². The number of aromatic hydroxyl groups is 1. The van der Waals surface area contributed by atoms with Gasteiger partial charge < -0.3 is 10.4 Å². The highest BCUT2D eigenvalue weighted by Crippen LogP contribution is 2.19. The molecule has 3 aromatic carbocycles. The van der Waals surface area contributed by atoms with E-state index >= 15 is 0 Å². The second-order valence-corrected chi connectivity index (χ2v) is 4.92. The molecule has 2 N–H and O–H groups in total. The van der Waals surface area contributed by atoms with Crippen molar-refractivity contribution < 1.29 is 9.90 Å². The molecule has 108 valence electrons. The predicted molar refractivity (Wildman–Crippen MR) is 89.1 cm³/mol. The maximum atomic E-state index is 12.3. The number of benzene rings is 3. The van der Waals surface area contributed by atoms with Crippen LogP contribution in [0, 0.1) is 0 Å². The van der Waals surface area contributed by atoms with Crippen LogP contribution in [0.2, 0.25) is 0 Å². The SMILES string of the molecule is O=C(/C=C/Nc1ccc(O)cc1)c1cccc2ccccc12. The molecule has 0 saturated carbocycles. The Morgan fingerprint density at radius 1 is 0.909 bits per heavy atom. The van der Waals surface area contributed by atoms with Crippen LogP contribution in [0.25, 0.3) is 10.8 Å². The van der Waals surface area contributed by atoms with Gasteiger partial charge in [-0.1, -0.05) is 42.5 Å². The number of hydrogen-bond acceptors (Lipinski definition) is 3. The van der Waals surface area contributed by atoms with Crippen molar-refractivity contribution in [3.63, 3.8) is 0 Å². The summed E-state index contributed by atoms with van der Waals surface area (Å²) in [7, 11) is 0. The number of rotatable bonds is 4. The van der Waals surface area contributed by atoms with Gasteiger partial charge in [-0.05, 0) is 35.0 Å². The minimum absolute atomic E-state index is 0.0527. The zero-order chi connectivity index (χ0) is 15.4. The van der Waals surface area contributed by atoms with Crippen molar-refractivity contribution in [3.05, 3.63) is 84.6 Å². The molecular formula is C19H15NO2. The molecule has 22 heavy (non-hydrogen) atoms. The Labute approximate surface area is 128 Å². The lowest BCUT2D eigenvalue weighted by molar-refractivity contribution is 0.104. The zero-order valence-electron chi connectivity index (χ0n) is 11.9. The Morgan fingerprint density at radius 3 is 2.45 bits per heavy atom. The van der Waals surface area contributed by atoms with E-state index in [2.05, 4.69) is 5.32 Å². The number of phenolic OH excluding ortho intramolecular Hbond substituents is 1. The van der Waals surface area contributed by atoms with Crippen LogP contribution in [0.5, 0.6) is 5.75 Å². The van der Waals surface area contributed by atoms with Gasteiger partial charge in [-0.2, -0.15) is 0 Å². The molecule has 3 rings (SSSR count). The molecule has 0 aliphatic rings. The van der Waals surface area contributed by atoms with Crippen LogP contribution in [0.15, 0.2) is 79.0 Å². The molecule has 0 aliphatic carbocycles. The molecule has 0 heterocycles. The number of nitrogens with one attached hydrogen (secondary N) is 1. The van der Waals surface area contributed by atoms with E-state index in [1.54, 1.807) is 30.5 Å².